The summed E-state index contributed by atoms with van der Waals surface area (Å²) in [5.74, 6) is 2.59. The highest BCUT2D eigenvalue weighted by molar-refractivity contribution is 5.20. The molecule has 0 bridgehead atoms. The quantitative estimate of drug-likeness (QED) is 0.410. The number of allylic oxidation sites excluding steroid dienone is 1. The molecule has 4 aliphatic rings. The summed E-state index contributed by atoms with van der Waals surface area (Å²) in [6.07, 6.45) is 10.3. The third-order valence-electron chi connectivity index (χ3n) is 12.5. The van der Waals surface area contributed by atoms with Gasteiger partial charge in [0.05, 0.1) is 17.8 Å². The van der Waals surface area contributed by atoms with E-state index in [1.165, 1.54) is 50.5 Å². The zero-order valence-electron chi connectivity index (χ0n) is 22.6. The predicted octanol–water partition coefficient (Wildman–Crippen LogP) is 6.50. The van der Waals surface area contributed by atoms with Gasteiger partial charge in [-0.25, -0.2) is 0 Å². The van der Waals surface area contributed by atoms with E-state index in [0.717, 1.165) is 18.8 Å². The van der Waals surface area contributed by atoms with Crippen LogP contribution in [0, 0.1) is 45.3 Å². The zero-order valence-corrected chi connectivity index (χ0v) is 22.6. The van der Waals surface area contributed by atoms with Crippen molar-refractivity contribution < 1.29 is 15.3 Å². The summed E-state index contributed by atoms with van der Waals surface area (Å²) >= 11 is 0. The molecule has 190 valence electrons. The molecule has 0 spiro atoms. The van der Waals surface area contributed by atoms with Crippen LogP contribution in [0.1, 0.15) is 113 Å². The molecule has 4 rings (SSSR count). The van der Waals surface area contributed by atoms with Crippen molar-refractivity contribution in [1.82, 2.24) is 0 Å². The van der Waals surface area contributed by atoms with Crippen LogP contribution in [0.4, 0.5) is 0 Å². The van der Waals surface area contributed by atoms with Crippen molar-refractivity contribution in [3.63, 3.8) is 0 Å². The Labute approximate surface area is 203 Å². The highest BCUT2D eigenvalue weighted by atomic mass is 16.3. The Balaban J connectivity index is 1.55. The van der Waals surface area contributed by atoms with Crippen molar-refractivity contribution >= 4 is 0 Å². The van der Waals surface area contributed by atoms with Gasteiger partial charge in [0.15, 0.2) is 0 Å². The third-order valence-corrected chi connectivity index (χ3v) is 12.5. The summed E-state index contributed by atoms with van der Waals surface area (Å²) < 4.78 is 0. The summed E-state index contributed by atoms with van der Waals surface area (Å²) in [6, 6.07) is 0. The molecule has 0 aliphatic heterocycles. The summed E-state index contributed by atoms with van der Waals surface area (Å²) in [5, 5.41) is 31.3. The van der Waals surface area contributed by atoms with Crippen molar-refractivity contribution in [3.05, 3.63) is 12.2 Å². The molecular formula is C30H52O3. The molecule has 33 heavy (non-hydrogen) atoms. The largest absolute Gasteiger partial charge is 0.393 e. The Morgan fingerprint density at radius 2 is 1.55 bits per heavy atom. The molecule has 3 heteroatoms. The van der Waals surface area contributed by atoms with Crippen LogP contribution >= 0.6 is 0 Å². The Kier molecular flexibility index (Phi) is 6.28. The molecule has 0 aromatic heterocycles. The Morgan fingerprint density at radius 1 is 0.909 bits per heavy atom. The molecule has 0 aromatic carbocycles. The van der Waals surface area contributed by atoms with Crippen molar-refractivity contribution in [2.24, 2.45) is 45.3 Å². The van der Waals surface area contributed by atoms with Crippen molar-refractivity contribution in [3.8, 4) is 0 Å². The minimum Gasteiger partial charge on any atom is -0.393 e. The van der Waals surface area contributed by atoms with Crippen molar-refractivity contribution in [1.29, 1.82) is 0 Å². The number of rotatable bonds is 5. The van der Waals surface area contributed by atoms with Crippen molar-refractivity contribution in [2.45, 2.75) is 130 Å². The van der Waals surface area contributed by atoms with Crippen LogP contribution in [0.5, 0.6) is 0 Å². The molecular weight excluding hydrogens is 408 g/mol. The van der Waals surface area contributed by atoms with Gasteiger partial charge in [-0.15, -0.1) is 0 Å². The van der Waals surface area contributed by atoms with Gasteiger partial charge in [-0.1, -0.05) is 46.8 Å². The van der Waals surface area contributed by atoms with Crippen LogP contribution in [0.3, 0.4) is 0 Å². The zero-order chi connectivity index (χ0) is 24.6. The average molecular weight is 461 g/mol. The maximum absolute atomic E-state index is 10.8. The number of fused-ring (bicyclic) bond motifs is 5. The Morgan fingerprint density at radius 3 is 2.18 bits per heavy atom. The van der Waals surface area contributed by atoms with Gasteiger partial charge in [0.2, 0.25) is 0 Å². The number of aliphatic hydroxyl groups excluding tert-OH is 2. The number of hydrogen-bond donors (Lipinski definition) is 3. The lowest BCUT2D eigenvalue weighted by atomic mass is 9.35. The third kappa shape index (κ3) is 3.70. The monoisotopic (exact) mass is 460 g/mol. The lowest BCUT2D eigenvalue weighted by Gasteiger charge is -2.69. The van der Waals surface area contributed by atoms with Gasteiger partial charge < -0.3 is 15.3 Å². The second-order valence-corrected chi connectivity index (χ2v) is 14.6. The van der Waals surface area contributed by atoms with E-state index in [9.17, 15) is 15.3 Å². The van der Waals surface area contributed by atoms with Gasteiger partial charge in [0.1, 0.15) is 0 Å². The Hall–Kier alpha value is -0.380. The van der Waals surface area contributed by atoms with Gasteiger partial charge in [0.25, 0.3) is 0 Å². The summed E-state index contributed by atoms with van der Waals surface area (Å²) in [5.41, 5.74) is 1.28. The Bertz CT molecular complexity index is 765. The molecule has 0 aromatic rings. The molecule has 4 aliphatic carbocycles. The molecule has 0 radical (unpaired) electrons. The van der Waals surface area contributed by atoms with Crippen LogP contribution in [0.15, 0.2) is 12.2 Å². The predicted molar refractivity (Wildman–Crippen MR) is 136 cm³/mol. The lowest BCUT2D eigenvalue weighted by molar-refractivity contribution is -0.220. The maximum Gasteiger partial charge on any atom is 0.0849 e. The second-order valence-electron chi connectivity index (χ2n) is 14.6. The first-order valence-corrected chi connectivity index (χ1v) is 13.8. The normalized spacial score (nSPS) is 47.9. The number of aliphatic hydroxyl groups is 3. The van der Waals surface area contributed by atoms with Crippen molar-refractivity contribution in [2.75, 3.05) is 0 Å². The van der Waals surface area contributed by atoms with Gasteiger partial charge in [-0.3, -0.25) is 0 Å². The average Bonchev–Trinajstić information content (AvgIpc) is 3.07. The van der Waals surface area contributed by atoms with Gasteiger partial charge >= 0.3 is 0 Å². The minimum atomic E-state index is -1.05. The topological polar surface area (TPSA) is 60.7 Å². The summed E-state index contributed by atoms with van der Waals surface area (Å²) in [7, 11) is 0. The highest BCUT2D eigenvalue weighted by Crippen LogP contribution is 2.75. The molecule has 4 saturated carbocycles. The first kappa shape index (κ1) is 25.7. The smallest absolute Gasteiger partial charge is 0.0849 e. The first-order chi connectivity index (χ1) is 15.1. The molecule has 4 fully saturated rings. The molecule has 3 N–H and O–H groups in total. The second kappa shape index (κ2) is 8.07. The highest BCUT2D eigenvalue weighted by Gasteiger charge is 2.68. The fraction of sp³-hybridized carbons (Fsp3) is 0.933. The standard InChI is InChI=1S/C30H52O3/c1-19(9-12-25(32)27(4,5)33)20-13-17-29(7)21(20)10-11-23-28(6)16-15-24(31)26(2,3)22(28)14-18-30(23,29)8/h20-25,31-33H,1,9-18H2,2-8H3/t20-,21?,22?,23-,24?,25?,28+,29+,30-/m0/s1. The van der Waals surface area contributed by atoms with Crippen LogP contribution in [0.25, 0.3) is 0 Å². The van der Waals surface area contributed by atoms with E-state index >= 15 is 0 Å². The van der Waals surface area contributed by atoms with E-state index in [1.807, 2.05) is 0 Å². The molecule has 4 unspecified atom stereocenters. The molecule has 0 heterocycles. The van der Waals surface area contributed by atoms with E-state index < -0.39 is 11.7 Å². The van der Waals surface area contributed by atoms with Gasteiger partial charge in [-0.2, -0.15) is 0 Å². The SMILES string of the molecule is C=C(CCC(O)C(C)(C)O)[C@@H]1CC[C@]2(C)C1CC[C@@H]1[C@]2(C)CCC2C(C)(C)C(O)CC[C@]21C. The van der Waals surface area contributed by atoms with Crippen LogP contribution in [-0.4, -0.2) is 33.1 Å². The molecule has 0 amide bonds. The van der Waals surface area contributed by atoms with Crippen LogP contribution in [-0.2, 0) is 0 Å². The van der Waals surface area contributed by atoms with E-state index in [2.05, 4.69) is 41.2 Å². The van der Waals surface area contributed by atoms with E-state index in [0.29, 0.717) is 40.4 Å². The van der Waals surface area contributed by atoms with E-state index in [1.54, 1.807) is 13.8 Å². The molecule has 3 nitrogen and oxygen atoms in total. The van der Waals surface area contributed by atoms with E-state index in [4.69, 9.17) is 0 Å². The maximum atomic E-state index is 10.8. The van der Waals surface area contributed by atoms with Crippen LogP contribution in [0.2, 0.25) is 0 Å². The van der Waals surface area contributed by atoms with E-state index in [-0.39, 0.29) is 11.5 Å². The van der Waals surface area contributed by atoms with Gasteiger partial charge in [-0.05, 0) is 123 Å². The summed E-state index contributed by atoms with van der Waals surface area (Å²) in [6.45, 7) is 20.4. The fourth-order valence-corrected chi connectivity index (χ4v) is 10.1. The summed E-state index contributed by atoms with van der Waals surface area (Å²) in [4.78, 5) is 0. The minimum absolute atomic E-state index is 0.0138. The first-order valence-electron chi connectivity index (χ1n) is 13.8. The van der Waals surface area contributed by atoms with Gasteiger partial charge in [0, 0.05) is 0 Å². The fourth-order valence-electron chi connectivity index (χ4n) is 10.1. The lowest BCUT2D eigenvalue weighted by Crippen LogP contribution is -2.63. The molecule has 9 atom stereocenters. The molecule has 0 saturated heterocycles. The number of hydrogen-bond acceptors (Lipinski definition) is 3. The van der Waals surface area contributed by atoms with Crippen LogP contribution < -0.4 is 0 Å².